The van der Waals surface area contributed by atoms with E-state index < -0.39 is 0 Å². The second-order valence-corrected chi connectivity index (χ2v) is 11.9. The topological polar surface area (TPSA) is 38.7 Å². The minimum atomic E-state index is 0.702. The quantitative estimate of drug-likeness (QED) is 0.192. The van der Waals surface area contributed by atoms with Gasteiger partial charge in [-0.25, -0.2) is 15.0 Å². The Hall–Kier alpha value is -5.71. The number of rotatable bonds is 6. The molecular weight excluding hydrogens is 567 g/mol. The van der Waals surface area contributed by atoms with Crippen molar-refractivity contribution >= 4 is 21.6 Å². The second kappa shape index (κ2) is 11.8. The van der Waals surface area contributed by atoms with E-state index in [1.807, 2.05) is 30.3 Å². The van der Waals surface area contributed by atoms with Crippen LogP contribution in [0.15, 0.2) is 164 Å². The van der Waals surface area contributed by atoms with Crippen LogP contribution in [0.25, 0.3) is 76.9 Å². The molecule has 8 rings (SSSR count). The molecule has 0 spiro atoms. The Labute approximate surface area is 266 Å². The maximum Gasteiger partial charge on any atom is 0.160 e. The largest absolute Gasteiger partial charge is 0.236 e. The van der Waals surface area contributed by atoms with E-state index in [1.165, 1.54) is 21.4 Å². The summed E-state index contributed by atoms with van der Waals surface area (Å²) in [5.74, 6) is 0.702. The predicted octanol–water partition coefficient (Wildman–Crippen LogP) is 11.1. The smallest absolute Gasteiger partial charge is 0.160 e. The number of benzene rings is 6. The summed E-state index contributed by atoms with van der Waals surface area (Å²) in [4.78, 5) is 15.1. The van der Waals surface area contributed by atoms with Gasteiger partial charge in [0.2, 0.25) is 0 Å². The molecule has 3 nitrogen and oxygen atoms in total. The summed E-state index contributed by atoms with van der Waals surface area (Å²) in [5.41, 5.74) is 11.7. The molecule has 2 aromatic heterocycles. The van der Waals surface area contributed by atoms with Gasteiger partial charge in [-0.3, -0.25) is 0 Å². The minimum Gasteiger partial charge on any atom is -0.236 e. The van der Waals surface area contributed by atoms with E-state index in [0.29, 0.717) is 5.82 Å². The molecular formula is C41H27N3S. The fourth-order valence-electron chi connectivity index (χ4n) is 5.65. The van der Waals surface area contributed by atoms with Gasteiger partial charge >= 0.3 is 0 Å². The van der Waals surface area contributed by atoms with E-state index >= 15 is 0 Å². The van der Waals surface area contributed by atoms with Gasteiger partial charge in [-0.1, -0.05) is 146 Å². The number of thiazole rings is 1. The van der Waals surface area contributed by atoms with Crippen LogP contribution in [0.2, 0.25) is 0 Å². The Balaban J connectivity index is 1.22. The van der Waals surface area contributed by atoms with Crippen LogP contribution >= 0.6 is 11.3 Å². The summed E-state index contributed by atoms with van der Waals surface area (Å²) in [6.45, 7) is 0. The highest BCUT2D eigenvalue weighted by atomic mass is 32.1. The van der Waals surface area contributed by atoms with E-state index in [0.717, 1.165) is 49.7 Å². The fraction of sp³-hybridized carbons (Fsp3) is 0. The monoisotopic (exact) mass is 593 g/mol. The molecule has 4 heteroatoms. The first-order valence-corrected chi connectivity index (χ1v) is 15.8. The van der Waals surface area contributed by atoms with Crippen LogP contribution in [-0.4, -0.2) is 15.0 Å². The molecule has 0 radical (unpaired) electrons. The summed E-state index contributed by atoms with van der Waals surface area (Å²) >= 11 is 1.74. The van der Waals surface area contributed by atoms with Gasteiger partial charge in [0.25, 0.3) is 0 Å². The summed E-state index contributed by atoms with van der Waals surface area (Å²) in [5, 5.41) is 1.03. The van der Waals surface area contributed by atoms with Crippen LogP contribution in [0.4, 0.5) is 0 Å². The highest BCUT2D eigenvalue weighted by Crippen LogP contribution is 2.38. The average molecular weight is 594 g/mol. The summed E-state index contributed by atoms with van der Waals surface area (Å²) in [6, 6.07) is 56.7. The van der Waals surface area contributed by atoms with Crippen molar-refractivity contribution in [1.82, 2.24) is 15.0 Å². The van der Waals surface area contributed by atoms with E-state index in [2.05, 4.69) is 133 Å². The number of fused-ring (bicyclic) bond motifs is 1. The normalized spacial score (nSPS) is 11.1. The molecule has 0 atom stereocenters. The zero-order chi connectivity index (χ0) is 30.0. The van der Waals surface area contributed by atoms with Crippen molar-refractivity contribution in [1.29, 1.82) is 0 Å². The molecule has 0 saturated heterocycles. The molecule has 0 aliphatic heterocycles. The first-order valence-electron chi connectivity index (χ1n) is 14.9. The van der Waals surface area contributed by atoms with Gasteiger partial charge in [0.05, 0.1) is 21.6 Å². The van der Waals surface area contributed by atoms with Crippen molar-refractivity contribution in [2.75, 3.05) is 0 Å². The number of aromatic nitrogens is 3. The van der Waals surface area contributed by atoms with Gasteiger partial charge in [0.15, 0.2) is 5.82 Å². The van der Waals surface area contributed by atoms with Crippen molar-refractivity contribution < 1.29 is 0 Å². The molecule has 45 heavy (non-hydrogen) atoms. The van der Waals surface area contributed by atoms with Crippen LogP contribution in [0.3, 0.4) is 0 Å². The lowest BCUT2D eigenvalue weighted by Crippen LogP contribution is -1.96. The molecule has 2 heterocycles. The second-order valence-electron chi connectivity index (χ2n) is 10.9. The van der Waals surface area contributed by atoms with Crippen molar-refractivity contribution in [3.05, 3.63) is 164 Å². The predicted molar refractivity (Wildman–Crippen MR) is 188 cm³/mol. The Bertz CT molecular complexity index is 2240. The number of nitrogens with zero attached hydrogens (tertiary/aromatic N) is 3. The first-order chi connectivity index (χ1) is 22.3. The van der Waals surface area contributed by atoms with Crippen LogP contribution in [-0.2, 0) is 0 Å². The summed E-state index contributed by atoms with van der Waals surface area (Å²) in [6.07, 6.45) is 0. The van der Waals surface area contributed by atoms with E-state index in [9.17, 15) is 0 Å². The first kappa shape index (κ1) is 26.9. The van der Waals surface area contributed by atoms with E-state index in [1.54, 1.807) is 11.3 Å². The van der Waals surface area contributed by atoms with Crippen molar-refractivity contribution in [3.8, 4) is 66.7 Å². The highest BCUT2D eigenvalue weighted by Gasteiger charge is 2.14. The van der Waals surface area contributed by atoms with Crippen molar-refractivity contribution in [3.63, 3.8) is 0 Å². The minimum absolute atomic E-state index is 0.702. The third-order valence-electron chi connectivity index (χ3n) is 7.95. The summed E-state index contributed by atoms with van der Waals surface area (Å²) in [7, 11) is 0. The molecule has 0 saturated carbocycles. The molecule has 6 aromatic carbocycles. The lowest BCUT2D eigenvalue weighted by Gasteiger charge is -2.11. The van der Waals surface area contributed by atoms with Gasteiger partial charge in [-0.15, -0.1) is 11.3 Å². The zero-order valence-electron chi connectivity index (χ0n) is 24.3. The Morgan fingerprint density at radius 1 is 0.356 bits per heavy atom. The van der Waals surface area contributed by atoms with Crippen LogP contribution < -0.4 is 0 Å². The van der Waals surface area contributed by atoms with Gasteiger partial charge in [-0.05, 0) is 34.9 Å². The lowest BCUT2D eigenvalue weighted by atomic mass is 10.00. The number of hydrogen-bond acceptors (Lipinski definition) is 4. The van der Waals surface area contributed by atoms with Crippen LogP contribution in [0.1, 0.15) is 0 Å². The molecule has 0 amide bonds. The third-order valence-corrected chi connectivity index (χ3v) is 9.10. The Kier molecular flexibility index (Phi) is 7.02. The summed E-state index contributed by atoms with van der Waals surface area (Å²) < 4.78 is 1.18. The molecule has 212 valence electrons. The van der Waals surface area contributed by atoms with Gasteiger partial charge < -0.3 is 0 Å². The Morgan fingerprint density at radius 2 is 0.889 bits per heavy atom. The maximum absolute atomic E-state index is 5.12. The van der Waals surface area contributed by atoms with Crippen molar-refractivity contribution in [2.24, 2.45) is 0 Å². The van der Waals surface area contributed by atoms with Crippen LogP contribution in [0.5, 0.6) is 0 Å². The SMILES string of the molecule is c1ccc(-c2ccc(-c3nc(-c4ccccc4)cc(-c4cccc(-c5cccc6nc(-c7ccccc7)sc56)c4)n3)cc2)cc1. The van der Waals surface area contributed by atoms with E-state index in [4.69, 9.17) is 15.0 Å². The molecule has 8 aromatic rings. The van der Waals surface area contributed by atoms with Crippen molar-refractivity contribution in [2.45, 2.75) is 0 Å². The lowest BCUT2D eigenvalue weighted by molar-refractivity contribution is 1.18. The molecule has 0 fully saturated rings. The van der Waals surface area contributed by atoms with Gasteiger partial charge in [0, 0.05) is 27.8 Å². The third kappa shape index (κ3) is 5.44. The molecule has 0 unspecified atom stereocenters. The van der Waals surface area contributed by atoms with Gasteiger partial charge in [-0.2, -0.15) is 0 Å². The average Bonchev–Trinajstić information content (AvgIpc) is 3.58. The highest BCUT2D eigenvalue weighted by molar-refractivity contribution is 7.22. The van der Waals surface area contributed by atoms with E-state index in [-0.39, 0.29) is 0 Å². The molecule has 0 bridgehead atoms. The Morgan fingerprint density at radius 3 is 1.60 bits per heavy atom. The molecule has 0 N–H and O–H groups in total. The standard InChI is InChI=1S/C41H27N3S/c1-4-12-28(13-5-1)29-22-24-31(25-23-29)40-42-37(30-14-6-2-7-15-30)27-38(43-40)34-19-10-18-33(26-34)35-20-11-21-36-39(35)45-41(44-36)32-16-8-3-9-17-32/h1-27H. The maximum atomic E-state index is 5.12. The zero-order valence-corrected chi connectivity index (χ0v) is 25.2. The molecule has 0 aliphatic carbocycles. The fourth-order valence-corrected chi connectivity index (χ4v) is 6.76. The number of hydrogen-bond donors (Lipinski definition) is 0. The van der Waals surface area contributed by atoms with Gasteiger partial charge in [0.1, 0.15) is 5.01 Å². The van der Waals surface area contributed by atoms with Crippen LogP contribution in [0, 0.1) is 0 Å². The molecule has 0 aliphatic rings.